The Morgan fingerprint density at radius 3 is 2.28 bits per heavy atom. The summed E-state index contributed by atoms with van der Waals surface area (Å²) in [5.41, 5.74) is 0.175. The summed E-state index contributed by atoms with van der Waals surface area (Å²) in [6.45, 7) is 5.01. The summed E-state index contributed by atoms with van der Waals surface area (Å²) < 4.78 is 37.0. The van der Waals surface area contributed by atoms with E-state index in [4.69, 9.17) is 0 Å². The number of nitrogens with one attached hydrogen (secondary N) is 1. The molecule has 0 aliphatic carbocycles. The fourth-order valence-electron chi connectivity index (χ4n) is 1.46. The number of hydrogen-bond acceptors (Lipinski definition) is 1. The van der Waals surface area contributed by atoms with Gasteiger partial charge < -0.3 is 5.32 Å². The fraction of sp³-hybridized carbons (Fsp3) is 0.429. The lowest BCUT2D eigenvalue weighted by Crippen LogP contribution is -2.23. The first-order chi connectivity index (χ1) is 8.39. The summed E-state index contributed by atoms with van der Waals surface area (Å²) in [6.07, 6.45) is 0.392. The zero-order chi connectivity index (χ0) is 13.6. The first-order valence-corrected chi connectivity index (χ1v) is 5.97. The highest BCUT2D eigenvalue weighted by Gasteiger charge is 2.29. The average Bonchev–Trinajstić information content (AvgIpc) is 2.27. The molecule has 1 nitrogen and oxygen atoms in total. The first-order valence-electron chi connectivity index (χ1n) is 5.97. The van der Waals surface area contributed by atoms with Crippen molar-refractivity contribution in [2.45, 2.75) is 32.5 Å². The van der Waals surface area contributed by atoms with Crippen LogP contribution in [0.15, 0.2) is 30.3 Å². The first kappa shape index (κ1) is 14.8. The van der Waals surface area contributed by atoms with Gasteiger partial charge in [-0.15, -0.1) is 0 Å². The molecule has 0 saturated heterocycles. The number of halogens is 3. The van der Waals surface area contributed by atoms with E-state index in [1.807, 2.05) is 12.2 Å². The molecule has 0 radical (unpaired) electrons. The van der Waals surface area contributed by atoms with Gasteiger partial charge in [0.15, 0.2) is 0 Å². The fourth-order valence-corrected chi connectivity index (χ4v) is 1.46. The predicted molar refractivity (Wildman–Crippen MR) is 68.2 cm³/mol. The number of benzene rings is 1. The Balaban J connectivity index is 2.46. The van der Waals surface area contributed by atoms with Crippen molar-refractivity contribution in [1.29, 1.82) is 0 Å². The second kappa shape index (κ2) is 6.59. The van der Waals surface area contributed by atoms with E-state index in [2.05, 4.69) is 19.2 Å². The van der Waals surface area contributed by atoms with E-state index >= 15 is 0 Å². The number of rotatable bonds is 5. The molecule has 1 N–H and O–H groups in total. The van der Waals surface area contributed by atoms with Crippen LogP contribution in [0.3, 0.4) is 0 Å². The minimum absolute atomic E-state index is 0.449. The smallest absolute Gasteiger partial charge is 0.314 e. The Hall–Kier alpha value is -1.29. The molecule has 0 saturated carbocycles. The van der Waals surface area contributed by atoms with E-state index in [9.17, 15) is 13.2 Å². The van der Waals surface area contributed by atoms with Crippen LogP contribution in [-0.2, 0) is 6.18 Å². The van der Waals surface area contributed by atoms with Crippen molar-refractivity contribution in [2.75, 3.05) is 6.54 Å². The molecule has 0 aliphatic heterocycles. The van der Waals surface area contributed by atoms with Crippen molar-refractivity contribution in [3.05, 3.63) is 41.5 Å². The lowest BCUT2D eigenvalue weighted by atomic mass is 10.1. The molecule has 0 aromatic heterocycles. The number of alkyl halides is 3. The summed E-state index contributed by atoms with van der Waals surface area (Å²) in [7, 11) is 0. The molecule has 0 bridgehead atoms. The predicted octanol–water partition coefficient (Wildman–Crippen LogP) is 4.11. The maximum Gasteiger partial charge on any atom is 0.416 e. The van der Waals surface area contributed by atoms with Gasteiger partial charge in [-0.25, -0.2) is 0 Å². The highest BCUT2D eigenvalue weighted by atomic mass is 19.4. The summed E-state index contributed by atoms with van der Waals surface area (Å²) in [5.74, 6) is 0. The molecule has 0 spiro atoms. The molecule has 0 aliphatic rings. The molecule has 1 aromatic carbocycles. The van der Waals surface area contributed by atoms with Gasteiger partial charge in [-0.1, -0.05) is 38.1 Å². The Morgan fingerprint density at radius 2 is 1.78 bits per heavy atom. The minimum atomic E-state index is -4.26. The van der Waals surface area contributed by atoms with Crippen molar-refractivity contribution < 1.29 is 13.2 Å². The van der Waals surface area contributed by atoms with Gasteiger partial charge in [0.2, 0.25) is 0 Å². The van der Waals surface area contributed by atoms with Gasteiger partial charge >= 0.3 is 6.18 Å². The standard InChI is InChI=1S/C14H18F3N/c1-11(2)18-10-4-3-5-12-6-8-13(9-7-12)14(15,16)17/h3,5-9,11,18H,4,10H2,1-2H3. The van der Waals surface area contributed by atoms with E-state index in [1.54, 1.807) is 0 Å². The van der Waals surface area contributed by atoms with Crippen LogP contribution < -0.4 is 5.32 Å². The Labute approximate surface area is 106 Å². The van der Waals surface area contributed by atoms with Crippen molar-refractivity contribution in [2.24, 2.45) is 0 Å². The van der Waals surface area contributed by atoms with Crippen molar-refractivity contribution >= 4 is 6.08 Å². The highest BCUT2D eigenvalue weighted by Crippen LogP contribution is 2.29. The van der Waals surface area contributed by atoms with E-state index in [0.29, 0.717) is 6.04 Å². The Kier molecular flexibility index (Phi) is 5.41. The SMILES string of the molecule is CC(C)NCCC=Cc1ccc(C(F)(F)F)cc1. The van der Waals surface area contributed by atoms with Gasteiger partial charge in [-0.05, 0) is 30.7 Å². The van der Waals surface area contributed by atoms with Crippen molar-refractivity contribution in [3.8, 4) is 0 Å². The molecule has 100 valence electrons. The molecular weight excluding hydrogens is 239 g/mol. The van der Waals surface area contributed by atoms with E-state index in [0.717, 1.165) is 30.7 Å². The molecule has 0 fully saturated rings. The van der Waals surface area contributed by atoms with Crippen LogP contribution in [0.4, 0.5) is 13.2 Å². The Morgan fingerprint density at radius 1 is 1.17 bits per heavy atom. The topological polar surface area (TPSA) is 12.0 Å². The lowest BCUT2D eigenvalue weighted by molar-refractivity contribution is -0.137. The third-order valence-electron chi connectivity index (χ3n) is 2.41. The van der Waals surface area contributed by atoms with Gasteiger partial charge in [-0.3, -0.25) is 0 Å². The van der Waals surface area contributed by atoms with Gasteiger partial charge in [0.1, 0.15) is 0 Å². The zero-order valence-corrected chi connectivity index (χ0v) is 10.6. The third kappa shape index (κ3) is 5.36. The lowest BCUT2D eigenvalue weighted by Gasteiger charge is -2.06. The van der Waals surface area contributed by atoms with Crippen LogP contribution in [0.5, 0.6) is 0 Å². The summed E-state index contributed by atoms with van der Waals surface area (Å²) in [4.78, 5) is 0. The minimum Gasteiger partial charge on any atom is -0.314 e. The second-order valence-electron chi connectivity index (χ2n) is 4.42. The quantitative estimate of drug-likeness (QED) is 0.783. The maximum absolute atomic E-state index is 12.3. The highest BCUT2D eigenvalue weighted by molar-refractivity contribution is 5.49. The molecule has 4 heteroatoms. The van der Waals surface area contributed by atoms with Crippen LogP contribution in [0.2, 0.25) is 0 Å². The molecule has 0 heterocycles. The average molecular weight is 257 g/mol. The summed E-state index contributed by atoms with van der Waals surface area (Å²) in [6, 6.07) is 5.62. The maximum atomic E-state index is 12.3. The van der Waals surface area contributed by atoms with Crippen LogP contribution in [0, 0.1) is 0 Å². The van der Waals surface area contributed by atoms with Crippen LogP contribution in [0.25, 0.3) is 6.08 Å². The zero-order valence-electron chi connectivity index (χ0n) is 10.6. The third-order valence-corrected chi connectivity index (χ3v) is 2.41. The molecule has 0 amide bonds. The van der Waals surface area contributed by atoms with Crippen LogP contribution in [0.1, 0.15) is 31.4 Å². The van der Waals surface area contributed by atoms with Gasteiger partial charge in [0.25, 0.3) is 0 Å². The normalized spacial score (nSPS) is 12.6. The van der Waals surface area contributed by atoms with E-state index in [-0.39, 0.29) is 0 Å². The van der Waals surface area contributed by atoms with Crippen molar-refractivity contribution in [3.63, 3.8) is 0 Å². The summed E-state index contributed by atoms with van der Waals surface area (Å²) >= 11 is 0. The largest absolute Gasteiger partial charge is 0.416 e. The molecule has 18 heavy (non-hydrogen) atoms. The molecule has 1 aromatic rings. The van der Waals surface area contributed by atoms with Crippen LogP contribution >= 0.6 is 0 Å². The monoisotopic (exact) mass is 257 g/mol. The molecule has 1 rings (SSSR count). The molecule has 0 atom stereocenters. The Bertz CT molecular complexity index is 377. The second-order valence-corrected chi connectivity index (χ2v) is 4.42. The van der Waals surface area contributed by atoms with Gasteiger partial charge in [-0.2, -0.15) is 13.2 Å². The number of hydrogen-bond donors (Lipinski definition) is 1. The van der Waals surface area contributed by atoms with E-state index < -0.39 is 11.7 Å². The van der Waals surface area contributed by atoms with Gasteiger partial charge in [0.05, 0.1) is 5.56 Å². The molecular formula is C14H18F3N. The summed E-state index contributed by atoms with van der Waals surface area (Å²) in [5, 5.41) is 3.26. The van der Waals surface area contributed by atoms with Gasteiger partial charge in [0, 0.05) is 6.04 Å². The van der Waals surface area contributed by atoms with E-state index in [1.165, 1.54) is 12.1 Å². The molecule has 0 unspecified atom stereocenters. The van der Waals surface area contributed by atoms with Crippen LogP contribution in [-0.4, -0.2) is 12.6 Å². The van der Waals surface area contributed by atoms with Crippen molar-refractivity contribution in [1.82, 2.24) is 5.32 Å².